The molecule has 3 heteroatoms. The molecule has 0 unspecified atom stereocenters. The van der Waals surface area contributed by atoms with Gasteiger partial charge in [-0.05, 0) is 12.1 Å². The van der Waals surface area contributed by atoms with Crippen molar-refractivity contribution in [3.05, 3.63) is 42.4 Å². The Kier molecular flexibility index (Phi) is 1.96. The van der Waals surface area contributed by atoms with Crippen molar-refractivity contribution < 1.29 is 9.52 Å². The predicted octanol–water partition coefficient (Wildman–Crippen LogP) is 2.86. The number of allylic oxidation sites excluding steroid dienone is 1. The van der Waals surface area contributed by atoms with Crippen molar-refractivity contribution in [1.29, 1.82) is 5.26 Å². The third-order valence-corrected chi connectivity index (χ3v) is 1.94. The van der Waals surface area contributed by atoms with E-state index in [0.717, 1.165) is 11.6 Å². The third kappa shape index (κ3) is 1.23. The number of hydrogen-bond acceptors (Lipinski definition) is 3. The van der Waals surface area contributed by atoms with Gasteiger partial charge in [0.2, 0.25) is 0 Å². The van der Waals surface area contributed by atoms with E-state index >= 15 is 0 Å². The van der Waals surface area contributed by atoms with Crippen LogP contribution in [-0.2, 0) is 0 Å². The lowest BCUT2D eigenvalue weighted by Gasteiger charge is -1.87. The molecule has 2 rings (SSSR count). The molecule has 0 radical (unpaired) electrons. The highest BCUT2D eigenvalue weighted by Gasteiger charge is 2.07. The largest absolute Gasteiger partial charge is 0.514 e. The van der Waals surface area contributed by atoms with E-state index in [1.165, 1.54) is 0 Å². The smallest absolute Gasteiger partial charge is 0.149 e. The molecule has 2 aromatic rings. The highest BCUT2D eigenvalue weighted by Crippen LogP contribution is 2.23. The zero-order chi connectivity index (χ0) is 9.97. The van der Waals surface area contributed by atoms with E-state index in [0.29, 0.717) is 11.3 Å². The molecule has 3 nitrogen and oxygen atoms in total. The van der Waals surface area contributed by atoms with Crippen LogP contribution in [0.4, 0.5) is 0 Å². The first-order valence-corrected chi connectivity index (χ1v) is 4.08. The lowest BCUT2D eigenvalue weighted by molar-refractivity contribution is 0.474. The highest BCUT2D eigenvalue weighted by atomic mass is 16.3. The van der Waals surface area contributed by atoms with Gasteiger partial charge in [0, 0.05) is 5.39 Å². The predicted molar refractivity (Wildman–Crippen MR) is 52.4 cm³/mol. The Labute approximate surface area is 80.5 Å². The van der Waals surface area contributed by atoms with Crippen LogP contribution in [0.15, 0.2) is 41.0 Å². The van der Waals surface area contributed by atoms with Crippen molar-refractivity contribution in [1.82, 2.24) is 0 Å². The molecule has 0 aliphatic rings. The second-order valence-electron chi connectivity index (χ2n) is 2.80. The summed E-state index contributed by atoms with van der Waals surface area (Å²) in [6, 6.07) is 11.0. The number of aliphatic hydroxyl groups excluding tert-OH is 1. The summed E-state index contributed by atoms with van der Waals surface area (Å²) >= 11 is 0. The Hall–Kier alpha value is -2.21. The Morgan fingerprint density at radius 2 is 2.21 bits per heavy atom. The van der Waals surface area contributed by atoms with Crippen LogP contribution in [0.5, 0.6) is 0 Å². The number of nitriles is 1. The summed E-state index contributed by atoms with van der Waals surface area (Å²) in [6.45, 7) is 0. The molecule has 68 valence electrons. The summed E-state index contributed by atoms with van der Waals surface area (Å²) in [4.78, 5) is 0. The fourth-order valence-electron chi connectivity index (χ4n) is 1.26. The molecule has 0 aliphatic heterocycles. The molecule has 0 aliphatic carbocycles. The molecular weight excluding hydrogens is 178 g/mol. The van der Waals surface area contributed by atoms with Gasteiger partial charge in [-0.1, -0.05) is 18.2 Å². The third-order valence-electron chi connectivity index (χ3n) is 1.94. The van der Waals surface area contributed by atoms with Gasteiger partial charge in [0.1, 0.15) is 29.2 Å². The quantitative estimate of drug-likeness (QED) is 0.549. The molecule has 0 atom stereocenters. The van der Waals surface area contributed by atoms with Crippen molar-refractivity contribution >= 4 is 16.5 Å². The lowest BCUT2D eigenvalue weighted by Crippen LogP contribution is -1.74. The average molecular weight is 185 g/mol. The van der Waals surface area contributed by atoms with Gasteiger partial charge < -0.3 is 9.52 Å². The van der Waals surface area contributed by atoms with Crippen LogP contribution in [0, 0.1) is 11.3 Å². The van der Waals surface area contributed by atoms with Crippen LogP contribution in [0.2, 0.25) is 0 Å². The van der Waals surface area contributed by atoms with E-state index in [1.54, 1.807) is 6.07 Å². The standard InChI is InChI=1S/C11H7NO2/c12-6-9(7-13)11-5-8-3-1-2-4-10(8)14-11/h1-5,7,13H. The molecule has 14 heavy (non-hydrogen) atoms. The van der Waals surface area contributed by atoms with Gasteiger partial charge in [0.15, 0.2) is 0 Å². The van der Waals surface area contributed by atoms with Crippen LogP contribution < -0.4 is 0 Å². The Morgan fingerprint density at radius 1 is 1.43 bits per heavy atom. The molecule has 0 saturated heterocycles. The zero-order valence-electron chi connectivity index (χ0n) is 7.27. The molecule has 1 N–H and O–H groups in total. The van der Waals surface area contributed by atoms with Crippen molar-refractivity contribution in [3.63, 3.8) is 0 Å². The van der Waals surface area contributed by atoms with E-state index in [9.17, 15) is 0 Å². The average Bonchev–Trinajstić information content (AvgIpc) is 2.63. The number of nitrogens with zero attached hydrogens (tertiary/aromatic N) is 1. The first kappa shape index (κ1) is 8.39. The van der Waals surface area contributed by atoms with Crippen LogP contribution in [-0.4, -0.2) is 5.11 Å². The molecule has 0 spiro atoms. The second kappa shape index (κ2) is 3.27. The number of benzene rings is 1. The van der Waals surface area contributed by atoms with Gasteiger partial charge in [-0.25, -0.2) is 0 Å². The number of hydrogen-bond donors (Lipinski definition) is 1. The second-order valence-corrected chi connectivity index (χ2v) is 2.80. The SMILES string of the molecule is N#CC(=CO)c1cc2ccccc2o1. The normalized spacial score (nSPS) is 11.5. The van der Waals surface area contributed by atoms with Crippen LogP contribution in [0.3, 0.4) is 0 Å². The molecule has 1 heterocycles. The van der Waals surface area contributed by atoms with E-state index in [-0.39, 0.29) is 5.57 Å². The number of rotatable bonds is 1. The fraction of sp³-hybridized carbons (Fsp3) is 0. The van der Waals surface area contributed by atoms with Gasteiger partial charge in [0.05, 0.1) is 0 Å². The summed E-state index contributed by atoms with van der Waals surface area (Å²) in [6.07, 6.45) is 0.748. The minimum atomic E-state index is 0.126. The molecule has 0 bridgehead atoms. The van der Waals surface area contributed by atoms with Gasteiger partial charge >= 0.3 is 0 Å². The van der Waals surface area contributed by atoms with Gasteiger partial charge in [-0.3, -0.25) is 0 Å². The Balaban J connectivity index is 2.62. The van der Waals surface area contributed by atoms with E-state index in [1.807, 2.05) is 30.3 Å². The summed E-state index contributed by atoms with van der Waals surface area (Å²) in [5.41, 5.74) is 0.832. The van der Waals surface area contributed by atoms with Crippen molar-refractivity contribution in [2.24, 2.45) is 0 Å². The summed E-state index contributed by atoms with van der Waals surface area (Å²) in [7, 11) is 0. The van der Waals surface area contributed by atoms with E-state index in [2.05, 4.69) is 0 Å². The zero-order valence-corrected chi connectivity index (χ0v) is 7.27. The Bertz CT molecular complexity index is 498. The number of aliphatic hydroxyl groups is 1. The molecule has 0 saturated carbocycles. The maximum Gasteiger partial charge on any atom is 0.149 e. The van der Waals surface area contributed by atoms with Crippen molar-refractivity contribution in [3.8, 4) is 6.07 Å². The first-order chi connectivity index (χ1) is 6.85. The molecular formula is C11H7NO2. The topological polar surface area (TPSA) is 57.2 Å². The monoisotopic (exact) mass is 185 g/mol. The number of furan rings is 1. The minimum Gasteiger partial charge on any atom is -0.514 e. The van der Waals surface area contributed by atoms with E-state index < -0.39 is 0 Å². The maximum absolute atomic E-state index is 8.76. The Morgan fingerprint density at radius 3 is 2.86 bits per heavy atom. The van der Waals surface area contributed by atoms with Crippen LogP contribution in [0.25, 0.3) is 16.5 Å². The lowest BCUT2D eigenvalue weighted by atomic mass is 10.2. The molecule has 0 fully saturated rings. The molecule has 0 amide bonds. The van der Waals surface area contributed by atoms with Gasteiger partial charge in [-0.2, -0.15) is 5.26 Å². The van der Waals surface area contributed by atoms with Gasteiger partial charge in [0.25, 0.3) is 0 Å². The summed E-state index contributed by atoms with van der Waals surface area (Å²) < 4.78 is 5.36. The molecule has 1 aromatic heterocycles. The minimum absolute atomic E-state index is 0.126. The number of para-hydroxylation sites is 1. The number of fused-ring (bicyclic) bond motifs is 1. The molecule has 1 aromatic carbocycles. The summed E-state index contributed by atoms with van der Waals surface area (Å²) in [5, 5.41) is 18.3. The fourth-order valence-corrected chi connectivity index (χ4v) is 1.26. The highest BCUT2D eigenvalue weighted by molar-refractivity contribution is 5.84. The maximum atomic E-state index is 8.76. The van der Waals surface area contributed by atoms with Gasteiger partial charge in [-0.15, -0.1) is 0 Å². The van der Waals surface area contributed by atoms with E-state index in [4.69, 9.17) is 14.8 Å². The van der Waals surface area contributed by atoms with Crippen molar-refractivity contribution in [2.45, 2.75) is 0 Å². The van der Waals surface area contributed by atoms with Crippen LogP contribution >= 0.6 is 0 Å². The first-order valence-electron chi connectivity index (χ1n) is 4.08. The van der Waals surface area contributed by atoms with Crippen molar-refractivity contribution in [2.75, 3.05) is 0 Å². The van der Waals surface area contributed by atoms with Crippen LogP contribution in [0.1, 0.15) is 5.76 Å². The summed E-state index contributed by atoms with van der Waals surface area (Å²) in [5.74, 6) is 0.385.